The maximum absolute atomic E-state index is 10.8. The van der Waals surface area contributed by atoms with Crippen LogP contribution < -0.4 is 9.44 Å². The summed E-state index contributed by atoms with van der Waals surface area (Å²) in [5.74, 6) is 0. The second-order valence-corrected chi connectivity index (χ2v) is 7.74. The number of allylic oxidation sites excluding steroid dienone is 3. The van der Waals surface area contributed by atoms with E-state index in [2.05, 4.69) is 35.4 Å². The third-order valence-electron chi connectivity index (χ3n) is 3.34. The van der Waals surface area contributed by atoms with Gasteiger partial charge in [-0.2, -0.15) is 8.42 Å². The van der Waals surface area contributed by atoms with Gasteiger partial charge in [-0.05, 0) is 51.0 Å². The van der Waals surface area contributed by atoms with Crippen LogP contribution in [0.5, 0.6) is 0 Å². The molecular weight excluding hydrogens is 474 g/mol. The average Bonchev–Trinajstić information content (AvgIpc) is 3.30. The fourth-order valence-corrected chi connectivity index (χ4v) is 3.48. The normalized spacial score (nSPS) is 10.9. The van der Waals surface area contributed by atoms with E-state index in [-0.39, 0.29) is 6.04 Å². The van der Waals surface area contributed by atoms with Crippen LogP contribution in [0.15, 0.2) is 47.9 Å². The second-order valence-electron chi connectivity index (χ2n) is 5.44. The molecule has 0 fully saturated rings. The number of thiazole rings is 1. The smallest absolute Gasteiger partial charge is 0.269 e. The van der Waals surface area contributed by atoms with Gasteiger partial charge in [-0.1, -0.05) is 70.9 Å². The Labute approximate surface area is 211 Å². The lowest BCUT2D eigenvalue weighted by Gasteiger charge is -2.13. The van der Waals surface area contributed by atoms with Gasteiger partial charge in [0, 0.05) is 5.38 Å². The second kappa shape index (κ2) is 23.1. The molecule has 0 spiro atoms. The van der Waals surface area contributed by atoms with E-state index in [1.165, 1.54) is 0 Å². The van der Waals surface area contributed by atoms with E-state index >= 15 is 0 Å². The highest BCUT2D eigenvalue weighted by Gasteiger charge is 2.14. The minimum atomic E-state index is -4.25. The number of rotatable bonds is 7. The molecule has 3 N–H and O–H groups in total. The van der Waals surface area contributed by atoms with Crippen LogP contribution in [-0.4, -0.2) is 18.0 Å². The molecule has 33 heavy (non-hydrogen) atoms. The Bertz CT molecular complexity index is 884. The molecule has 1 atom stereocenters. The molecule has 1 aromatic carbocycles. The number of thiol groups is 1. The molecule has 0 saturated heterocycles. The van der Waals surface area contributed by atoms with Crippen molar-refractivity contribution in [3.63, 3.8) is 0 Å². The average molecular weight is 514 g/mol. The topological polar surface area (TPSA) is 91.3 Å². The predicted molar refractivity (Wildman–Crippen MR) is 150 cm³/mol. The zero-order chi connectivity index (χ0) is 26.3. The first kappa shape index (κ1) is 35.5. The Balaban J connectivity index is -0.000000780. The van der Waals surface area contributed by atoms with Crippen molar-refractivity contribution in [2.24, 2.45) is 0 Å². The van der Waals surface area contributed by atoms with Crippen LogP contribution in [0.2, 0.25) is 0 Å². The summed E-state index contributed by atoms with van der Waals surface area (Å²) in [6.07, 6.45) is 16.5. The lowest BCUT2D eigenvalue weighted by Crippen LogP contribution is -2.15. The first-order valence-electron chi connectivity index (χ1n) is 10.6. The predicted octanol–water partition coefficient (Wildman–Crippen LogP) is 6.99. The Kier molecular flexibility index (Phi) is 24.8. The molecule has 1 heterocycles. The van der Waals surface area contributed by atoms with Crippen molar-refractivity contribution in [1.29, 1.82) is 0 Å². The van der Waals surface area contributed by atoms with Crippen molar-refractivity contribution in [3.8, 4) is 12.8 Å². The summed E-state index contributed by atoms with van der Waals surface area (Å²) in [7, 11) is -4.25. The van der Waals surface area contributed by atoms with Crippen molar-refractivity contribution in [2.45, 2.75) is 60.9 Å². The summed E-state index contributed by atoms with van der Waals surface area (Å²) in [4.78, 5) is 4.53. The molecule has 0 radical (unpaired) electrons. The molecule has 0 aliphatic carbocycles. The van der Waals surface area contributed by atoms with Crippen molar-refractivity contribution in [3.05, 3.63) is 64.1 Å². The van der Waals surface area contributed by atoms with E-state index in [4.69, 9.17) is 4.55 Å². The van der Waals surface area contributed by atoms with Crippen LogP contribution in [0.4, 0.5) is 5.69 Å². The number of nitrogens with one attached hydrogen (secondary N) is 2. The summed E-state index contributed by atoms with van der Waals surface area (Å²) in [5, 5.41) is 2.92. The van der Waals surface area contributed by atoms with Gasteiger partial charge in [0.2, 0.25) is 0 Å². The molecule has 0 saturated carbocycles. The van der Waals surface area contributed by atoms with Gasteiger partial charge in [0.15, 0.2) is 0 Å². The number of nitrogens with zero attached hydrogens (tertiary/aromatic N) is 1. The molecule has 6 nitrogen and oxygen atoms in total. The molecule has 2 aromatic rings. The van der Waals surface area contributed by atoms with Crippen LogP contribution in [-0.2, 0) is 16.7 Å². The molecule has 0 amide bonds. The molecule has 0 unspecified atom stereocenters. The van der Waals surface area contributed by atoms with Gasteiger partial charge in [-0.15, -0.1) is 24.2 Å². The molecule has 186 valence electrons. The fraction of sp³-hybridized carbons (Fsp3) is 0.375. The van der Waals surface area contributed by atoms with Crippen molar-refractivity contribution < 1.29 is 13.0 Å². The molecule has 0 aliphatic rings. The lowest BCUT2D eigenvalue weighted by atomic mass is 10.0. The summed E-state index contributed by atoms with van der Waals surface area (Å²) in [6.45, 7) is 13.9. The van der Waals surface area contributed by atoms with Crippen LogP contribution in [0, 0.1) is 12.8 Å². The third-order valence-corrected chi connectivity index (χ3v) is 4.97. The molecule has 9 heteroatoms. The summed E-state index contributed by atoms with van der Waals surface area (Å²) < 4.78 is 35.2. The largest absolute Gasteiger partial charge is 0.357 e. The maximum atomic E-state index is 10.8. The number of hydrogen-bond acceptors (Lipinski definition) is 6. The monoisotopic (exact) mass is 513 g/mol. The van der Waals surface area contributed by atoms with E-state index in [0.29, 0.717) is 12.1 Å². The third kappa shape index (κ3) is 18.1. The lowest BCUT2D eigenvalue weighted by molar-refractivity contribution is 0.489. The van der Waals surface area contributed by atoms with E-state index in [0.717, 1.165) is 16.3 Å². The minimum Gasteiger partial charge on any atom is -0.269 e. The van der Waals surface area contributed by atoms with E-state index in [1.807, 2.05) is 82.9 Å². The van der Waals surface area contributed by atoms with Gasteiger partial charge in [-0.3, -0.25) is 14.0 Å². The number of benzene rings is 1. The van der Waals surface area contributed by atoms with Gasteiger partial charge in [0.1, 0.15) is 5.01 Å². The molecule has 1 aromatic heterocycles. The van der Waals surface area contributed by atoms with Crippen molar-refractivity contribution in [1.82, 2.24) is 9.71 Å². The van der Waals surface area contributed by atoms with Crippen LogP contribution in [0.3, 0.4) is 0 Å². The van der Waals surface area contributed by atoms with Crippen LogP contribution >= 0.6 is 24.2 Å². The summed E-state index contributed by atoms with van der Waals surface area (Å²) in [6, 6.07) is 6.68. The van der Waals surface area contributed by atoms with Crippen LogP contribution in [0.1, 0.15) is 70.8 Å². The van der Waals surface area contributed by atoms with E-state index in [1.54, 1.807) is 35.6 Å². The molecule has 0 bridgehead atoms. The number of hydrogen-bond donors (Lipinski definition) is 4. The van der Waals surface area contributed by atoms with Crippen LogP contribution in [0.25, 0.3) is 6.08 Å². The zero-order valence-corrected chi connectivity index (χ0v) is 23.1. The highest BCUT2D eigenvalue weighted by Crippen LogP contribution is 2.23. The number of terminal acetylenes is 1. The van der Waals surface area contributed by atoms with Gasteiger partial charge < -0.3 is 0 Å². The number of anilines is 1. The van der Waals surface area contributed by atoms with Gasteiger partial charge in [0.05, 0.1) is 17.4 Å². The Morgan fingerprint density at radius 2 is 1.58 bits per heavy atom. The SMILES string of the molecule is C#C.C/C=C/c1nc([C@H](Cc2ccc(NS(=O)(=O)O)cc2)NS)cs1.C/C=C\C.CC.CC. The quantitative estimate of drug-likeness (QED) is 0.139. The Morgan fingerprint density at radius 1 is 1.06 bits per heavy atom. The van der Waals surface area contributed by atoms with Gasteiger partial charge >= 0.3 is 10.3 Å². The van der Waals surface area contributed by atoms with E-state index in [9.17, 15) is 8.42 Å². The van der Waals surface area contributed by atoms with Gasteiger partial charge in [-0.25, -0.2) is 4.98 Å². The molecular formula is C24H39N3O3S3. The highest BCUT2D eigenvalue weighted by molar-refractivity contribution is 7.87. The highest BCUT2D eigenvalue weighted by atomic mass is 32.2. The first-order valence-corrected chi connectivity index (χ1v) is 13.3. The number of aromatic nitrogens is 1. The minimum absolute atomic E-state index is 0.0611. The molecule has 2 rings (SSSR count). The maximum Gasteiger partial charge on any atom is 0.357 e. The Hall–Kier alpha value is -2.09. The standard InChI is InChI=1S/C14H17N3O3S3.C4H8.2C2H6.C2H2/c1-2-3-14-15-13(9-22-14)12(16-21)8-10-4-6-11(7-5-10)17-23(18,19)20;1-3-4-2;3*1-2/h2-7,9,12,16-17,21H,8H2,1H3,(H,18,19,20);3-4H,1-2H3;2*1-2H3;1-2H/b3-2+;4-3-;;;/t12-;;;;/m0..../s1. The zero-order valence-electron chi connectivity index (χ0n) is 20.6. The van der Waals surface area contributed by atoms with Gasteiger partial charge in [0.25, 0.3) is 0 Å². The first-order chi connectivity index (χ1) is 15.8. The van der Waals surface area contributed by atoms with Crippen molar-refractivity contribution >= 4 is 46.2 Å². The fourth-order valence-electron chi connectivity index (χ4n) is 1.99. The molecule has 0 aliphatic heterocycles. The van der Waals surface area contributed by atoms with Crippen molar-refractivity contribution in [2.75, 3.05) is 4.72 Å². The Morgan fingerprint density at radius 3 is 1.97 bits per heavy atom. The van der Waals surface area contributed by atoms with E-state index < -0.39 is 10.3 Å². The summed E-state index contributed by atoms with van der Waals surface area (Å²) in [5.41, 5.74) is 2.19. The summed E-state index contributed by atoms with van der Waals surface area (Å²) >= 11 is 5.73.